The Morgan fingerprint density at radius 1 is 0.939 bits per heavy atom. The number of halogens is 2. The summed E-state index contributed by atoms with van der Waals surface area (Å²) in [5.74, 6) is -1.59. The van der Waals surface area contributed by atoms with E-state index in [0.29, 0.717) is 41.4 Å². The Hall–Kier alpha value is -4.32. The number of ether oxygens (including phenoxy) is 1. The highest BCUT2D eigenvalue weighted by Gasteiger charge is 2.24. The van der Waals surface area contributed by atoms with Crippen LogP contribution in [-0.4, -0.2) is 65.0 Å². The van der Waals surface area contributed by atoms with E-state index in [1.54, 1.807) is 36.4 Å². The molecule has 1 fully saturated rings. The third-order valence-electron chi connectivity index (χ3n) is 9.11. The number of aromatic amines is 1. The number of rotatable bonds is 16. The molecule has 2 heterocycles. The molecule has 0 spiro atoms. The number of aliphatic hydroxyl groups excluding tert-OH is 1. The summed E-state index contributed by atoms with van der Waals surface area (Å²) >= 11 is 0. The van der Waals surface area contributed by atoms with E-state index in [-0.39, 0.29) is 28.7 Å². The van der Waals surface area contributed by atoms with E-state index in [0.717, 1.165) is 51.5 Å². The molecular formula is C38H46F2N4O5. The molecule has 49 heavy (non-hydrogen) atoms. The van der Waals surface area contributed by atoms with Crippen LogP contribution in [0.1, 0.15) is 69.5 Å². The molecular weight excluding hydrogens is 630 g/mol. The van der Waals surface area contributed by atoms with Gasteiger partial charge < -0.3 is 30.2 Å². The van der Waals surface area contributed by atoms with Crippen molar-refractivity contribution >= 4 is 22.7 Å². The van der Waals surface area contributed by atoms with Crippen LogP contribution in [0.15, 0.2) is 71.5 Å². The van der Waals surface area contributed by atoms with Crippen LogP contribution in [0.3, 0.4) is 0 Å². The number of piperidine rings is 1. The van der Waals surface area contributed by atoms with Crippen LogP contribution in [0.4, 0.5) is 19.3 Å². The van der Waals surface area contributed by atoms with Crippen LogP contribution in [0.2, 0.25) is 0 Å². The van der Waals surface area contributed by atoms with Crippen LogP contribution < -0.4 is 16.2 Å². The number of hydrogen-bond acceptors (Lipinski definition) is 7. The zero-order valence-electron chi connectivity index (χ0n) is 27.7. The number of pyridine rings is 1. The van der Waals surface area contributed by atoms with Crippen LogP contribution in [0, 0.1) is 11.6 Å². The maximum absolute atomic E-state index is 14.7. The number of fused-ring (bicyclic) bond motifs is 1. The van der Waals surface area contributed by atoms with Gasteiger partial charge in [-0.3, -0.25) is 10.1 Å². The van der Waals surface area contributed by atoms with Gasteiger partial charge in [0.25, 0.3) is 0 Å². The molecule has 5 N–H and O–H groups in total. The van der Waals surface area contributed by atoms with Crippen molar-refractivity contribution in [3.63, 3.8) is 0 Å². The normalized spacial score (nSPS) is 14.6. The number of anilines is 1. The molecule has 11 heteroatoms. The summed E-state index contributed by atoms with van der Waals surface area (Å²) < 4.78 is 34.2. The number of benzene rings is 3. The molecule has 0 radical (unpaired) electrons. The lowest BCUT2D eigenvalue weighted by Gasteiger charge is -2.31. The number of unbranched alkanes of at least 4 members (excludes halogenated alkanes) is 6. The molecule has 0 saturated carbocycles. The summed E-state index contributed by atoms with van der Waals surface area (Å²) in [5, 5.41) is 27.2. The van der Waals surface area contributed by atoms with Crippen molar-refractivity contribution in [3.8, 4) is 16.9 Å². The number of carbonyl (C=O) groups excluding carboxylic acids is 1. The van der Waals surface area contributed by atoms with E-state index in [2.05, 4.69) is 20.5 Å². The van der Waals surface area contributed by atoms with E-state index < -0.39 is 23.8 Å². The molecule has 1 aliphatic heterocycles. The van der Waals surface area contributed by atoms with Gasteiger partial charge in [0.2, 0.25) is 5.56 Å². The third kappa shape index (κ3) is 10.3. The Morgan fingerprint density at radius 3 is 2.41 bits per heavy atom. The fourth-order valence-electron chi connectivity index (χ4n) is 6.45. The number of nitrogens with zero attached hydrogens (tertiary/aromatic N) is 1. The summed E-state index contributed by atoms with van der Waals surface area (Å²) in [5.41, 5.74) is 1.45. The molecule has 1 aliphatic rings. The zero-order valence-corrected chi connectivity index (χ0v) is 27.7. The van der Waals surface area contributed by atoms with Gasteiger partial charge >= 0.3 is 6.09 Å². The van der Waals surface area contributed by atoms with Crippen molar-refractivity contribution in [3.05, 3.63) is 94.3 Å². The summed E-state index contributed by atoms with van der Waals surface area (Å²) in [6.45, 7) is 3.88. The first-order valence-corrected chi connectivity index (χ1v) is 17.3. The molecule has 1 amide bonds. The molecule has 0 unspecified atom stereocenters. The van der Waals surface area contributed by atoms with E-state index in [4.69, 9.17) is 4.74 Å². The molecule has 4 aromatic rings. The van der Waals surface area contributed by atoms with Crippen LogP contribution in [0.25, 0.3) is 22.0 Å². The summed E-state index contributed by atoms with van der Waals surface area (Å²) in [4.78, 5) is 29.3. The molecule has 1 aromatic heterocycles. The molecule has 262 valence electrons. The van der Waals surface area contributed by atoms with E-state index in [1.807, 2.05) is 6.07 Å². The maximum atomic E-state index is 14.7. The number of aliphatic hydroxyl groups is 1. The SMILES string of the molecule is O=C(Nc1c(F)cc(F)cc1-c1ccccc1)OC1CCN(CCCCCCCCCNC[C@H](O)c2ccc(O)c3[nH]c(=O)ccc23)CC1. The quantitative estimate of drug-likeness (QED) is 0.0792. The van der Waals surface area contributed by atoms with Crippen molar-refractivity contribution in [1.82, 2.24) is 15.2 Å². The average Bonchev–Trinajstić information content (AvgIpc) is 3.09. The second-order valence-corrected chi connectivity index (χ2v) is 12.7. The highest BCUT2D eigenvalue weighted by Crippen LogP contribution is 2.32. The molecule has 9 nitrogen and oxygen atoms in total. The monoisotopic (exact) mass is 676 g/mol. The number of carbonyl (C=O) groups is 1. The van der Waals surface area contributed by atoms with Gasteiger partial charge in [0.1, 0.15) is 23.5 Å². The Balaban J connectivity index is 0.896. The van der Waals surface area contributed by atoms with Crippen molar-refractivity contribution < 1.29 is 28.5 Å². The van der Waals surface area contributed by atoms with Crippen molar-refractivity contribution in [2.24, 2.45) is 0 Å². The van der Waals surface area contributed by atoms with Crippen LogP contribution in [0.5, 0.6) is 5.75 Å². The predicted octanol–water partition coefficient (Wildman–Crippen LogP) is 7.25. The highest BCUT2D eigenvalue weighted by molar-refractivity contribution is 5.92. The molecule has 1 atom stereocenters. The topological polar surface area (TPSA) is 127 Å². The minimum atomic E-state index is -0.850. The first-order chi connectivity index (χ1) is 23.8. The van der Waals surface area contributed by atoms with E-state index >= 15 is 0 Å². The zero-order chi connectivity index (χ0) is 34.6. The lowest BCUT2D eigenvalue weighted by atomic mass is 10.0. The first kappa shape index (κ1) is 36.0. The van der Waals surface area contributed by atoms with Gasteiger partial charge in [-0.1, -0.05) is 68.5 Å². The molecule has 0 bridgehead atoms. The number of likely N-dealkylation sites (tertiary alicyclic amines) is 1. The van der Waals surface area contributed by atoms with Crippen molar-refractivity contribution in [2.75, 3.05) is 38.0 Å². The lowest BCUT2D eigenvalue weighted by molar-refractivity contribution is 0.0584. The molecule has 1 saturated heterocycles. The Labute approximate surface area is 285 Å². The summed E-state index contributed by atoms with van der Waals surface area (Å²) in [7, 11) is 0. The number of amides is 1. The van der Waals surface area contributed by atoms with Crippen molar-refractivity contribution in [1.29, 1.82) is 0 Å². The first-order valence-electron chi connectivity index (χ1n) is 17.3. The second-order valence-electron chi connectivity index (χ2n) is 12.7. The summed E-state index contributed by atoms with van der Waals surface area (Å²) in [6, 6.07) is 16.9. The Morgan fingerprint density at radius 2 is 1.65 bits per heavy atom. The van der Waals surface area contributed by atoms with Gasteiger partial charge in [-0.05, 0) is 68.1 Å². The summed E-state index contributed by atoms with van der Waals surface area (Å²) in [6.07, 6.45) is 7.66. The van der Waals surface area contributed by atoms with Crippen LogP contribution in [-0.2, 0) is 4.74 Å². The van der Waals surface area contributed by atoms with Gasteiger partial charge in [0, 0.05) is 42.7 Å². The number of phenols is 1. The standard InChI is InChI=1S/C38H46F2N4O5/c39-27-23-31(26-11-7-6-8-12-26)36(32(40)24-27)43-38(48)49-28-17-21-44(22-18-28)20-10-5-3-1-2-4-9-19-41-25-34(46)29-13-15-33(45)37-30(29)14-16-35(47)42-37/h6-8,11-16,23-24,28,34,41,45-46H,1-5,9-10,17-22,25H2,(H,42,47)(H,43,48)/t34-/m0/s1. The van der Waals surface area contributed by atoms with Crippen molar-refractivity contribution in [2.45, 2.75) is 70.0 Å². The van der Waals surface area contributed by atoms with Gasteiger partial charge in [-0.2, -0.15) is 0 Å². The lowest BCUT2D eigenvalue weighted by Crippen LogP contribution is -2.38. The maximum Gasteiger partial charge on any atom is 0.412 e. The van der Waals surface area contributed by atoms with Gasteiger partial charge in [-0.15, -0.1) is 0 Å². The second kappa shape index (κ2) is 17.9. The number of phenolic OH excluding ortho intramolecular Hbond substituents is 1. The largest absolute Gasteiger partial charge is 0.506 e. The fraction of sp³-hybridized carbons (Fsp3) is 0.421. The van der Waals surface area contributed by atoms with Crippen LogP contribution >= 0.6 is 0 Å². The molecule has 0 aliphatic carbocycles. The number of aromatic hydroxyl groups is 1. The fourth-order valence-corrected chi connectivity index (χ4v) is 6.45. The average molecular weight is 677 g/mol. The molecule has 5 rings (SSSR count). The number of hydrogen-bond donors (Lipinski definition) is 5. The minimum Gasteiger partial charge on any atom is -0.506 e. The van der Waals surface area contributed by atoms with E-state index in [9.17, 15) is 28.6 Å². The molecule has 3 aromatic carbocycles. The van der Waals surface area contributed by atoms with E-state index in [1.165, 1.54) is 43.9 Å². The predicted molar refractivity (Wildman–Crippen MR) is 188 cm³/mol. The minimum absolute atomic E-state index is 0.0192. The smallest absolute Gasteiger partial charge is 0.412 e. The number of H-pyrrole nitrogens is 1. The number of aromatic nitrogens is 1. The Bertz CT molecular complexity index is 1730. The number of nitrogens with one attached hydrogen (secondary N) is 3. The van der Waals surface area contributed by atoms with Gasteiger partial charge in [0.05, 0.1) is 17.3 Å². The Kier molecular flexibility index (Phi) is 13.1. The van der Waals surface area contributed by atoms with Gasteiger partial charge in [0.15, 0.2) is 0 Å². The highest BCUT2D eigenvalue weighted by atomic mass is 19.1. The third-order valence-corrected chi connectivity index (χ3v) is 9.11. The van der Waals surface area contributed by atoms with Gasteiger partial charge in [-0.25, -0.2) is 13.6 Å².